The summed E-state index contributed by atoms with van der Waals surface area (Å²) in [5.41, 5.74) is 0.489. The summed E-state index contributed by atoms with van der Waals surface area (Å²) in [6.45, 7) is 9.24. The van der Waals surface area contributed by atoms with Gasteiger partial charge in [-0.2, -0.15) is 0 Å². The topological polar surface area (TPSA) is 26.3 Å². The molecule has 0 heterocycles. The molecule has 14 heavy (non-hydrogen) atoms. The second-order valence-electron chi connectivity index (χ2n) is 3.12. The number of carbonyl (C=O) groups is 1. The molecule has 0 rings (SSSR count). The maximum Gasteiger partial charge on any atom is 0.338 e. The Kier molecular flexibility index (Phi) is 6.46. The maximum absolute atomic E-state index is 11.4. The Morgan fingerprint density at radius 2 is 2.14 bits per heavy atom. The van der Waals surface area contributed by atoms with Crippen molar-refractivity contribution < 1.29 is 9.53 Å². The van der Waals surface area contributed by atoms with Crippen LogP contribution >= 0.6 is 0 Å². The Bertz CT molecular complexity index is 247. The van der Waals surface area contributed by atoms with Crippen LogP contribution in [0.4, 0.5) is 0 Å². The Morgan fingerprint density at radius 1 is 1.50 bits per heavy atom. The molecule has 78 valence electrons. The Hall–Kier alpha value is -1.31. The van der Waals surface area contributed by atoms with Crippen molar-refractivity contribution in [2.45, 2.75) is 33.3 Å². The predicted molar refractivity (Wildman–Crippen MR) is 58.9 cm³/mol. The number of hydrogen-bond acceptors (Lipinski definition) is 2. The second kappa shape index (κ2) is 7.13. The van der Waals surface area contributed by atoms with Gasteiger partial charge in [-0.15, -0.1) is 0 Å². The lowest BCUT2D eigenvalue weighted by Gasteiger charge is -2.07. The van der Waals surface area contributed by atoms with Gasteiger partial charge in [-0.3, -0.25) is 0 Å². The van der Waals surface area contributed by atoms with Crippen molar-refractivity contribution in [1.82, 2.24) is 0 Å². The van der Waals surface area contributed by atoms with Crippen LogP contribution in [0.2, 0.25) is 0 Å². The second-order valence-corrected chi connectivity index (χ2v) is 3.12. The zero-order valence-electron chi connectivity index (χ0n) is 9.12. The number of esters is 1. The van der Waals surface area contributed by atoms with Crippen LogP contribution in [0.5, 0.6) is 0 Å². The molecule has 0 spiro atoms. The molecule has 0 aromatic carbocycles. The molecule has 0 aromatic rings. The van der Waals surface area contributed by atoms with Crippen molar-refractivity contribution in [1.29, 1.82) is 0 Å². The van der Waals surface area contributed by atoms with Gasteiger partial charge in [0, 0.05) is 0 Å². The molecule has 0 aliphatic rings. The normalized spacial score (nSPS) is 12.1. The predicted octanol–water partition coefficient (Wildman–Crippen LogP) is 3.02. The smallest absolute Gasteiger partial charge is 0.338 e. The van der Waals surface area contributed by atoms with Gasteiger partial charge in [0.25, 0.3) is 0 Å². The average Bonchev–Trinajstić information content (AvgIpc) is 2.11. The lowest BCUT2D eigenvalue weighted by atomic mass is 10.2. The third-order valence-electron chi connectivity index (χ3n) is 1.45. The number of ether oxygens (including phenoxy) is 1. The number of rotatable bonds is 5. The summed E-state index contributed by atoms with van der Waals surface area (Å²) in [6, 6.07) is 0. The van der Waals surface area contributed by atoms with Gasteiger partial charge in [0.1, 0.15) is 0 Å². The molecule has 0 N–H and O–H groups in total. The molecule has 0 bridgehead atoms. The third kappa shape index (κ3) is 5.36. The van der Waals surface area contributed by atoms with Gasteiger partial charge in [0.05, 0.1) is 11.7 Å². The van der Waals surface area contributed by atoms with E-state index in [1.54, 1.807) is 6.08 Å². The van der Waals surface area contributed by atoms with E-state index in [2.05, 4.69) is 6.58 Å². The maximum atomic E-state index is 11.4. The van der Waals surface area contributed by atoms with E-state index in [0.29, 0.717) is 5.57 Å². The Balaban J connectivity index is 4.39. The van der Waals surface area contributed by atoms with E-state index in [9.17, 15) is 4.79 Å². The number of hydrogen-bond donors (Lipinski definition) is 0. The van der Waals surface area contributed by atoms with Crippen LogP contribution in [-0.2, 0) is 9.53 Å². The summed E-state index contributed by atoms with van der Waals surface area (Å²) in [5.74, 6) is -0.323. The Labute approximate surface area is 86.0 Å². The fourth-order valence-electron chi connectivity index (χ4n) is 0.809. The fourth-order valence-corrected chi connectivity index (χ4v) is 0.809. The van der Waals surface area contributed by atoms with E-state index in [4.69, 9.17) is 4.74 Å². The van der Waals surface area contributed by atoms with Crippen molar-refractivity contribution in [2.24, 2.45) is 0 Å². The zero-order valence-corrected chi connectivity index (χ0v) is 9.12. The fraction of sp³-hybridized carbons (Fsp3) is 0.417. The van der Waals surface area contributed by atoms with Crippen molar-refractivity contribution in [3.63, 3.8) is 0 Å². The van der Waals surface area contributed by atoms with E-state index < -0.39 is 0 Å². The summed E-state index contributed by atoms with van der Waals surface area (Å²) < 4.78 is 5.02. The third-order valence-corrected chi connectivity index (χ3v) is 1.45. The highest BCUT2D eigenvalue weighted by atomic mass is 16.5. The van der Waals surface area contributed by atoms with E-state index in [1.807, 2.05) is 32.9 Å². The van der Waals surface area contributed by atoms with Crippen molar-refractivity contribution >= 4 is 5.97 Å². The standard InChI is InChI=1S/C12H18O2/c1-5-7-8-9-11(6-2)12(13)14-10(3)4/h6-10H,2,5H2,1,3-4H3/b8-7+,11-9+. The quantitative estimate of drug-likeness (QED) is 0.382. The lowest BCUT2D eigenvalue weighted by molar-refractivity contribution is -0.142. The summed E-state index contributed by atoms with van der Waals surface area (Å²) in [7, 11) is 0. The van der Waals surface area contributed by atoms with Crippen LogP contribution in [0.3, 0.4) is 0 Å². The van der Waals surface area contributed by atoms with Gasteiger partial charge in [-0.25, -0.2) is 4.79 Å². The van der Waals surface area contributed by atoms with Crippen LogP contribution in [-0.4, -0.2) is 12.1 Å². The summed E-state index contributed by atoms with van der Waals surface area (Å²) in [4.78, 5) is 11.4. The highest BCUT2D eigenvalue weighted by molar-refractivity contribution is 5.91. The molecule has 0 aliphatic carbocycles. The highest BCUT2D eigenvalue weighted by Gasteiger charge is 2.07. The molecule has 0 fully saturated rings. The van der Waals surface area contributed by atoms with Crippen LogP contribution in [0.25, 0.3) is 0 Å². The molecule has 0 aliphatic heterocycles. The molecule has 0 atom stereocenters. The molecule has 2 heteroatoms. The minimum atomic E-state index is -0.323. The molecule has 0 amide bonds. The summed E-state index contributed by atoms with van der Waals surface area (Å²) >= 11 is 0. The van der Waals surface area contributed by atoms with E-state index in [-0.39, 0.29) is 12.1 Å². The highest BCUT2D eigenvalue weighted by Crippen LogP contribution is 2.03. The monoisotopic (exact) mass is 194 g/mol. The lowest BCUT2D eigenvalue weighted by Crippen LogP contribution is -2.12. The minimum Gasteiger partial charge on any atom is -0.459 e. The zero-order chi connectivity index (χ0) is 11.0. The van der Waals surface area contributed by atoms with Crippen molar-refractivity contribution in [2.75, 3.05) is 0 Å². The molecule has 0 saturated carbocycles. The molecular weight excluding hydrogens is 176 g/mol. The van der Waals surface area contributed by atoms with Crippen LogP contribution in [0.15, 0.2) is 36.5 Å². The van der Waals surface area contributed by atoms with E-state index >= 15 is 0 Å². The SMILES string of the molecule is C=C/C(=C\C=C\CC)C(=O)OC(C)C. The first kappa shape index (κ1) is 12.7. The van der Waals surface area contributed by atoms with Crippen LogP contribution < -0.4 is 0 Å². The molecule has 0 saturated heterocycles. The van der Waals surface area contributed by atoms with Crippen molar-refractivity contribution in [3.8, 4) is 0 Å². The largest absolute Gasteiger partial charge is 0.459 e. The van der Waals surface area contributed by atoms with Gasteiger partial charge < -0.3 is 4.74 Å². The summed E-state index contributed by atoms with van der Waals surface area (Å²) in [5, 5.41) is 0. The van der Waals surface area contributed by atoms with Crippen molar-refractivity contribution in [3.05, 3.63) is 36.5 Å². The molecule has 0 unspecified atom stereocenters. The number of allylic oxidation sites excluding steroid dienone is 3. The molecule has 0 aromatic heterocycles. The average molecular weight is 194 g/mol. The van der Waals surface area contributed by atoms with Gasteiger partial charge >= 0.3 is 5.97 Å². The van der Waals surface area contributed by atoms with Gasteiger partial charge in [0.15, 0.2) is 0 Å². The Morgan fingerprint density at radius 3 is 2.57 bits per heavy atom. The first-order valence-corrected chi connectivity index (χ1v) is 4.82. The van der Waals surface area contributed by atoms with Crippen LogP contribution in [0.1, 0.15) is 27.2 Å². The minimum absolute atomic E-state index is 0.0963. The molecule has 0 radical (unpaired) electrons. The van der Waals surface area contributed by atoms with Crippen LogP contribution in [0, 0.1) is 0 Å². The van der Waals surface area contributed by atoms with E-state index in [1.165, 1.54) is 6.08 Å². The van der Waals surface area contributed by atoms with E-state index in [0.717, 1.165) is 6.42 Å². The first-order chi connectivity index (χ1) is 6.61. The van der Waals surface area contributed by atoms with Gasteiger partial charge in [-0.05, 0) is 26.3 Å². The summed E-state index contributed by atoms with van der Waals surface area (Å²) in [6.07, 6.45) is 7.86. The molecular formula is C12H18O2. The first-order valence-electron chi connectivity index (χ1n) is 4.82. The van der Waals surface area contributed by atoms with Gasteiger partial charge in [-0.1, -0.05) is 31.7 Å². The van der Waals surface area contributed by atoms with Gasteiger partial charge in [0.2, 0.25) is 0 Å². The molecule has 2 nitrogen and oxygen atoms in total. The number of carbonyl (C=O) groups excluding carboxylic acids is 1.